The third-order valence-corrected chi connectivity index (χ3v) is 27.8. The topological polar surface area (TPSA) is 741 Å². The third kappa shape index (κ3) is 35.3. The number of nitrogens with zero attached hydrogens (tertiary/aromatic N) is 6. The van der Waals surface area contributed by atoms with Crippen LogP contribution in [0.25, 0.3) is 32.6 Å². The molecule has 1 unspecified atom stereocenters. The average molecular weight is 2080 g/mol. The summed E-state index contributed by atoms with van der Waals surface area (Å²) in [7, 11) is 1.37. The smallest absolute Gasteiger partial charge is 0.317 e. The number of aromatic nitrogens is 4. The lowest BCUT2D eigenvalue weighted by Crippen LogP contribution is -2.63. The molecule has 0 bridgehead atoms. The summed E-state index contributed by atoms with van der Waals surface area (Å²) in [5, 5.41) is 84.2. The number of benzene rings is 4. The Labute approximate surface area is 851 Å². The molecule has 147 heavy (non-hydrogen) atoms. The van der Waals surface area contributed by atoms with Gasteiger partial charge in [-0.25, -0.2) is 4.98 Å². The number of likely N-dealkylation sites (tertiary alicyclic amines) is 1. The van der Waals surface area contributed by atoms with Crippen LogP contribution in [0.5, 0.6) is 0 Å². The summed E-state index contributed by atoms with van der Waals surface area (Å²) < 4.78 is 0. The van der Waals surface area contributed by atoms with Crippen molar-refractivity contribution in [3.63, 3.8) is 0 Å². The van der Waals surface area contributed by atoms with Gasteiger partial charge in [-0.1, -0.05) is 127 Å². The zero-order chi connectivity index (χ0) is 107. The van der Waals surface area contributed by atoms with Gasteiger partial charge in [0.15, 0.2) is 0 Å². The molecule has 0 saturated carbocycles. The normalized spacial score (nSPS) is 20.7. The van der Waals surface area contributed by atoms with Crippen LogP contribution in [0.3, 0.4) is 0 Å². The Morgan fingerprint density at radius 1 is 0.476 bits per heavy atom. The van der Waals surface area contributed by atoms with Gasteiger partial charge in [0.05, 0.1) is 57.9 Å². The van der Waals surface area contributed by atoms with E-state index in [4.69, 9.17) is 17.2 Å². The molecule has 3 saturated heterocycles. The number of hydrogen-bond donors (Lipinski definition) is 23. The minimum absolute atomic E-state index is 0.0201. The van der Waals surface area contributed by atoms with Crippen molar-refractivity contribution < 1.29 is 121 Å². The van der Waals surface area contributed by atoms with Gasteiger partial charge in [0, 0.05) is 155 Å². The summed E-state index contributed by atoms with van der Waals surface area (Å²) in [6.07, 6.45) is 0.615. The van der Waals surface area contributed by atoms with Crippen molar-refractivity contribution in [3.8, 4) is 0 Å². The Hall–Kier alpha value is -14.7. The van der Waals surface area contributed by atoms with Gasteiger partial charge < -0.3 is 126 Å². The van der Waals surface area contributed by atoms with Gasteiger partial charge in [-0.05, 0) is 78.1 Å². The molecule has 3 aromatic heterocycles. The number of unbranched alkanes of at least 4 members (excludes halogenated alkanes) is 2. The minimum atomic E-state index is -2.14. The molecule has 51 heteroatoms. The van der Waals surface area contributed by atoms with Crippen molar-refractivity contribution in [1.82, 2.24) is 108 Å². The van der Waals surface area contributed by atoms with Crippen LogP contribution in [0.2, 0.25) is 0 Å². The van der Waals surface area contributed by atoms with Crippen LogP contribution in [-0.4, -0.2) is 370 Å². The molecule has 10 rings (SSSR count). The number of para-hydroxylation sites is 2. The van der Waals surface area contributed by atoms with Crippen LogP contribution in [0.4, 0.5) is 0 Å². The number of carboxylic acid groups (broad SMARTS) is 4. The fourth-order valence-corrected chi connectivity index (χ4v) is 19.7. The molecule has 0 aliphatic carbocycles. The van der Waals surface area contributed by atoms with Gasteiger partial charge in [-0.3, -0.25) is 115 Å². The lowest BCUT2D eigenvalue weighted by Gasteiger charge is -2.32. The first kappa shape index (κ1) is 114. The van der Waals surface area contributed by atoms with E-state index >= 15 is 43.2 Å². The SMILES string of the molecule is CC[C@H](C)C(NC(=O)[C@@H](NC(=O)[C@H](Cc1c[nH]c2ccccc12)NC(=O)CCCCCNC(=O)CN1CCN(CC(=O)O)CCN(CC(=O)O)CCN(CC(=O)O)CC1)[C@@H](C)O)C(=O)N[C@H]1CSSC[C@@H](C(=O)N[C@@H](Cc2c[nH]c3ccccc23)C(=O)N2CCC[C@H]2C(N)=O)NC(=O)[C@H](CC(=O)O)NC(=O)[C@H](Cc2cnc[nH]2)NC(=O)[C@H](Cc2cccc3ccccc23)NC(=O)[C@H](CC(N)=O)NC(=O)[C@H](CC(N)=O)NC1=O. The molecule has 16 amide bonds. The monoisotopic (exact) mass is 2080 g/mol. The van der Waals surface area contributed by atoms with Gasteiger partial charge in [0.1, 0.15) is 72.5 Å². The molecule has 4 aromatic carbocycles. The Kier molecular flexibility index (Phi) is 43.6. The first-order chi connectivity index (χ1) is 70.2. The predicted molar refractivity (Wildman–Crippen MR) is 535 cm³/mol. The van der Waals surface area contributed by atoms with E-state index in [2.05, 4.69) is 83.7 Å². The second-order valence-corrected chi connectivity index (χ2v) is 39.1. The van der Waals surface area contributed by atoms with E-state index in [-0.39, 0.29) is 136 Å². The molecule has 7 aromatic rings. The Balaban J connectivity index is 0.920. The number of fused-ring (bicyclic) bond motifs is 3. The molecule has 49 nitrogen and oxygen atoms in total. The van der Waals surface area contributed by atoms with Crippen molar-refractivity contribution in [2.24, 2.45) is 23.1 Å². The maximum Gasteiger partial charge on any atom is 0.317 e. The lowest BCUT2D eigenvalue weighted by atomic mass is 9.97. The van der Waals surface area contributed by atoms with Crippen LogP contribution >= 0.6 is 21.6 Å². The zero-order valence-electron chi connectivity index (χ0n) is 81.4. The fourth-order valence-electron chi connectivity index (χ4n) is 17.4. The van der Waals surface area contributed by atoms with Crippen molar-refractivity contribution in [1.29, 1.82) is 0 Å². The summed E-state index contributed by atoms with van der Waals surface area (Å²) in [5.74, 6) is -24.6. The van der Waals surface area contributed by atoms with Crippen LogP contribution in [0.1, 0.15) is 107 Å². The number of rotatable bonds is 42. The number of nitrogens with two attached hydrogens (primary N) is 3. The molecule has 3 fully saturated rings. The van der Waals surface area contributed by atoms with E-state index in [1.165, 1.54) is 24.3 Å². The highest BCUT2D eigenvalue weighted by Gasteiger charge is 2.43. The number of amides is 16. The van der Waals surface area contributed by atoms with Gasteiger partial charge in [0.25, 0.3) is 0 Å². The largest absolute Gasteiger partial charge is 0.481 e. The number of hydrogen-bond acceptors (Lipinski definition) is 28. The number of imidazole rings is 1. The van der Waals surface area contributed by atoms with E-state index < -0.39 is 247 Å². The van der Waals surface area contributed by atoms with Gasteiger partial charge in [-0.15, -0.1) is 0 Å². The first-order valence-electron chi connectivity index (χ1n) is 48.2. The Bertz CT molecular complexity index is 5830. The number of carbonyl (C=O) groups is 20. The number of aliphatic hydroxyl groups excluding tert-OH is 1. The summed E-state index contributed by atoms with van der Waals surface area (Å²) in [5.41, 5.74) is 20.2. The number of nitrogens with one attached hydrogen (secondary N) is 15. The summed E-state index contributed by atoms with van der Waals surface area (Å²) >= 11 is 0. The van der Waals surface area contributed by atoms with E-state index in [9.17, 15) is 78.3 Å². The number of primary amides is 3. The highest BCUT2D eigenvalue weighted by Crippen LogP contribution is 2.29. The lowest BCUT2D eigenvalue weighted by molar-refractivity contribution is -0.142. The predicted octanol–water partition coefficient (Wildman–Crippen LogP) is -4.20. The van der Waals surface area contributed by atoms with Crippen LogP contribution in [0, 0.1) is 5.92 Å². The molecular formula is C96H128N24O25S2. The van der Waals surface area contributed by atoms with Crippen molar-refractivity contribution >= 4 is 173 Å². The highest BCUT2D eigenvalue weighted by molar-refractivity contribution is 8.76. The molecule has 6 heterocycles. The third-order valence-electron chi connectivity index (χ3n) is 25.4. The highest BCUT2D eigenvalue weighted by atomic mass is 33.1. The Morgan fingerprint density at radius 3 is 1.50 bits per heavy atom. The molecule has 14 atom stereocenters. The first-order valence-corrected chi connectivity index (χ1v) is 50.7. The summed E-state index contributed by atoms with van der Waals surface area (Å²) in [6.45, 7) is 4.70. The van der Waals surface area contributed by atoms with Gasteiger partial charge in [0.2, 0.25) is 94.5 Å². The maximum atomic E-state index is 15.5. The van der Waals surface area contributed by atoms with Crippen molar-refractivity contribution in [2.75, 3.05) is 103 Å². The molecule has 0 spiro atoms. The van der Waals surface area contributed by atoms with Crippen molar-refractivity contribution in [2.45, 2.75) is 189 Å². The number of aliphatic hydroxyl groups is 1. The van der Waals surface area contributed by atoms with E-state index in [0.717, 1.165) is 6.92 Å². The van der Waals surface area contributed by atoms with Crippen LogP contribution in [0.15, 0.2) is 116 Å². The number of aliphatic carboxylic acids is 4. The molecule has 3 aliphatic rings. The number of H-pyrrole nitrogens is 3. The quantitative estimate of drug-likeness (QED) is 0.0127. The van der Waals surface area contributed by atoms with Gasteiger partial charge in [-0.2, -0.15) is 0 Å². The van der Waals surface area contributed by atoms with Crippen LogP contribution in [-0.2, 0) is 122 Å². The van der Waals surface area contributed by atoms with E-state index in [1.54, 1.807) is 130 Å². The standard InChI is InChI=1S/C96H128N24O25S2/c1-4-53(2)83(114-95(144)84(54(3)121)115-91(140)65(37-57-43-102-63-22-11-9-20-61(57)63)105-77(124)25-6-5-13-26-101-78(125)46-116-28-30-117(47-80(128)129)32-34-119(49-82(132)133)35-33-118(31-29-116)48-81(130)131)94(143)113-73-51-147-146-50-72(93(142)111-71(96(145)120-27-15-24-74(120)85(99)134)38-58-44-103-64-23-12-10-21-62(58)64)112-90(139)70(42-79(126)127)110-87(136)67(39-59-45-100-52-104-59)107-86(135)66(36-56-18-14-17-55-16-7-8-19-60(55)56)106-88(137)68(40-75(97)122)108-89(138)69(41-76(98)123)109-92(73)141/h7-12,14,16-23,43-45,52-54,65-74,83-84,102-103,121H,4-6,13,15,24-42,46-51H2,1-3H3,(H2,97,122)(H2,98,123)(H2,99,134)(H,100,104)(H,101,125)(H,105,124)(H,106,137)(H,107,135)(H,108,138)(H,109,141)(H,110,136)(H,111,142)(H,112,139)(H,113,143)(H,114,144)(H,115,140)(H,126,127)(H,128,129)(H,130,131)(H,132,133)/t53-,54+,65-,66-,67-,68-,69-,70-,71-,72-,73-,74-,83?,84-/m0/s1. The average Bonchev–Trinajstić information content (AvgIpc) is 1.45. The summed E-state index contributed by atoms with van der Waals surface area (Å²) in [4.78, 5) is 303. The molecular weight excluding hydrogens is 1950 g/mol. The van der Waals surface area contributed by atoms with Crippen molar-refractivity contribution in [3.05, 3.63) is 138 Å². The van der Waals surface area contributed by atoms with E-state index in [1.807, 2.05) is 0 Å². The maximum absolute atomic E-state index is 15.5. The Morgan fingerprint density at radius 2 is 0.966 bits per heavy atom. The van der Waals surface area contributed by atoms with E-state index in [0.29, 0.717) is 90.1 Å². The summed E-state index contributed by atoms with van der Waals surface area (Å²) in [6, 6.07) is 4.19. The second kappa shape index (κ2) is 56.1. The number of carbonyl (C=O) groups excluding carboxylic acids is 16. The molecule has 0 radical (unpaired) electrons. The molecule has 26 N–H and O–H groups in total. The van der Waals surface area contributed by atoms with Crippen LogP contribution < -0.4 is 81.0 Å². The number of carboxylic acids is 4. The van der Waals surface area contributed by atoms with Gasteiger partial charge >= 0.3 is 23.9 Å². The number of aromatic amines is 3. The zero-order valence-corrected chi connectivity index (χ0v) is 83.0. The second-order valence-electron chi connectivity index (χ2n) is 36.5. The fraction of sp³-hybridized carbons (Fsp3) is 0.490. The molecule has 3 aliphatic heterocycles. The molecule has 794 valence electrons. The minimum Gasteiger partial charge on any atom is -0.481 e.